The number of aromatic nitrogens is 4. The van der Waals surface area contributed by atoms with E-state index in [0.717, 1.165) is 6.07 Å². The molecule has 3 rings (SSSR count). The van der Waals surface area contributed by atoms with E-state index < -0.39 is 11.8 Å². The molecule has 0 saturated carbocycles. The van der Waals surface area contributed by atoms with Gasteiger partial charge >= 0.3 is 5.97 Å². The molecular weight excluding hydrogens is 309 g/mol. The molecule has 7 nitrogen and oxygen atoms in total. The molecule has 3 aromatic rings. The van der Waals surface area contributed by atoms with Gasteiger partial charge in [-0.1, -0.05) is 0 Å². The van der Waals surface area contributed by atoms with Gasteiger partial charge in [0.05, 0.1) is 5.56 Å². The average molecular weight is 319 g/mol. The minimum absolute atomic E-state index is 0.0397. The van der Waals surface area contributed by atoms with Crippen LogP contribution in [0.5, 0.6) is 0 Å². The first-order valence-corrected chi connectivity index (χ1v) is 7.14. The Morgan fingerprint density at radius 3 is 2.95 bits per heavy atom. The third-order valence-corrected chi connectivity index (χ3v) is 4.03. The molecule has 2 heterocycles. The number of benzene rings is 1. The largest absolute Gasteiger partial charge is 0.478 e. The maximum Gasteiger partial charge on any atom is 0.335 e. The molecule has 0 aliphatic rings. The van der Waals surface area contributed by atoms with E-state index >= 15 is 0 Å². The molecule has 0 saturated heterocycles. The Morgan fingerprint density at radius 2 is 2.18 bits per heavy atom. The number of thioether (sulfide) groups is 1. The average Bonchev–Trinajstić information content (AvgIpc) is 2.94. The van der Waals surface area contributed by atoms with Crippen molar-refractivity contribution >= 4 is 34.7 Å². The number of H-pyrrole nitrogens is 1. The lowest BCUT2D eigenvalue weighted by Gasteiger charge is -2.06. The third-order valence-electron chi connectivity index (χ3n) is 2.95. The lowest BCUT2D eigenvalue weighted by Crippen LogP contribution is -1.99. The number of pyridine rings is 1. The Labute approximate surface area is 127 Å². The van der Waals surface area contributed by atoms with Crippen LogP contribution in [0.4, 0.5) is 10.2 Å². The summed E-state index contributed by atoms with van der Waals surface area (Å²) >= 11 is 1.28. The molecule has 0 bridgehead atoms. The monoisotopic (exact) mass is 319 g/mol. The summed E-state index contributed by atoms with van der Waals surface area (Å²) < 4.78 is 13.8. The van der Waals surface area contributed by atoms with Gasteiger partial charge < -0.3 is 10.8 Å². The lowest BCUT2D eigenvalue weighted by molar-refractivity contribution is 0.0696. The van der Waals surface area contributed by atoms with Crippen LogP contribution in [-0.4, -0.2) is 31.5 Å². The molecule has 0 amide bonds. The van der Waals surface area contributed by atoms with E-state index in [1.807, 2.05) is 0 Å². The molecule has 0 aliphatic heterocycles. The van der Waals surface area contributed by atoms with Crippen LogP contribution in [0.2, 0.25) is 0 Å². The van der Waals surface area contributed by atoms with Gasteiger partial charge in [-0.2, -0.15) is 10.3 Å². The molecule has 0 aliphatic carbocycles. The number of halogens is 1. The van der Waals surface area contributed by atoms with Crippen LogP contribution in [0, 0.1) is 5.82 Å². The van der Waals surface area contributed by atoms with Gasteiger partial charge in [0.2, 0.25) is 5.65 Å². The number of carboxylic acid groups (broad SMARTS) is 1. The third kappa shape index (κ3) is 2.70. The fourth-order valence-corrected chi connectivity index (χ4v) is 2.92. The van der Waals surface area contributed by atoms with Crippen LogP contribution < -0.4 is 5.73 Å². The van der Waals surface area contributed by atoms with Gasteiger partial charge in [0, 0.05) is 10.6 Å². The second-order valence-electron chi connectivity index (χ2n) is 4.44. The summed E-state index contributed by atoms with van der Waals surface area (Å²) in [5.74, 6) is -1.05. The number of fused-ring (bicyclic) bond motifs is 1. The fraction of sp³-hybridized carbons (Fsp3) is 0.0769. The minimum Gasteiger partial charge on any atom is -0.478 e. The number of hydrogen-bond acceptors (Lipinski definition) is 6. The first-order chi connectivity index (χ1) is 10.5. The summed E-state index contributed by atoms with van der Waals surface area (Å²) in [6.45, 7) is 0. The maximum atomic E-state index is 13.8. The highest BCUT2D eigenvalue weighted by Crippen LogP contribution is 2.30. The van der Waals surface area contributed by atoms with Gasteiger partial charge in [-0.25, -0.2) is 14.2 Å². The zero-order chi connectivity index (χ0) is 15.7. The molecule has 0 atom stereocenters. The molecule has 0 radical (unpaired) electrons. The van der Waals surface area contributed by atoms with Gasteiger partial charge in [0.25, 0.3) is 0 Å². The van der Waals surface area contributed by atoms with Crippen molar-refractivity contribution in [2.45, 2.75) is 10.6 Å². The van der Waals surface area contributed by atoms with E-state index in [2.05, 4.69) is 20.4 Å². The van der Waals surface area contributed by atoms with Gasteiger partial charge in [0.1, 0.15) is 17.2 Å². The smallest absolute Gasteiger partial charge is 0.335 e. The predicted octanol–water partition coefficient (Wildman–Crippen LogP) is 2.06. The second-order valence-corrected chi connectivity index (χ2v) is 5.46. The second kappa shape index (κ2) is 5.60. The SMILES string of the molecule is Nc1cc(SCc2cc(C(=O)O)ccc2F)c2n[nH]nc2n1. The molecule has 22 heavy (non-hydrogen) atoms. The fourth-order valence-electron chi connectivity index (χ4n) is 1.91. The van der Waals surface area contributed by atoms with Crippen molar-refractivity contribution in [3.05, 3.63) is 41.2 Å². The number of nitrogen functional groups attached to an aromatic ring is 1. The summed E-state index contributed by atoms with van der Waals surface area (Å²) in [7, 11) is 0. The van der Waals surface area contributed by atoms with Crippen molar-refractivity contribution in [1.29, 1.82) is 0 Å². The van der Waals surface area contributed by atoms with Crippen LogP contribution in [0.3, 0.4) is 0 Å². The van der Waals surface area contributed by atoms with E-state index in [0.29, 0.717) is 16.1 Å². The molecule has 4 N–H and O–H groups in total. The van der Waals surface area contributed by atoms with Gasteiger partial charge in [-0.3, -0.25) is 0 Å². The molecule has 112 valence electrons. The minimum atomic E-state index is -1.10. The summed E-state index contributed by atoms with van der Waals surface area (Å²) in [5.41, 5.74) is 6.93. The Kier molecular flexibility index (Phi) is 3.63. The molecule has 9 heteroatoms. The number of nitrogens with one attached hydrogen (secondary N) is 1. The summed E-state index contributed by atoms with van der Waals surface area (Å²) in [4.78, 5) is 15.7. The van der Waals surface area contributed by atoms with Crippen LogP contribution in [0.25, 0.3) is 11.2 Å². The highest BCUT2D eigenvalue weighted by molar-refractivity contribution is 7.98. The number of carboxylic acids is 1. The van der Waals surface area contributed by atoms with E-state index in [1.54, 1.807) is 6.07 Å². The van der Waals surface area contributed by atoms with Crippen LogP contribution in [0.1, 0.15) is 15.9 Å². The Hall–Kier alpha value is -2.68. The summed E-state index contributed by atoms with van der Waals surface area (Å²) in [6, 6.07) is 5.31. The maximum absolute atomic E-state index is 13.8. The summed E-state index contributed by atoms with van der Waals surface area (Å²) in [5, 5.41) is 19.2. The molecule has 1 aromatic carbocycles. The zero-order valence-corrected chi connectivity index (χ0v) is 11.9. The van der Waals surface area contributed by atoms with E-state index in [-0.39, 0.29) is 22.7 Å². The zero-order valence-electron chi connectivity index (χ0n) is 11.1. The predicted molar refractivity (Wildman–Crippen MR) is 79.0 cm³/mol. The lowest BCUT2D eigenvalue weighted by atomic mass is 10.1. The molecule has 0 spiro atoms. The van der Waals surface area contributed by atoms with E-state index in [1.165, 1.54) is 23.9 Å². The van der Waals surface area contributed by atoms with Gasteiger partial charge in [0.15, 0.2) is 0 Å². The number of aromatic amines is 1. The van der Waals surface area contributed by atoms with Crippen molar-refractivity contribution in [3.8, 4) is 0 Å². The van der Waals surface area contributed by atoms with E-state index in [9.17, 15) is 9.18 Å². The molecule has 0 fully saturated rings. The van der Waals surface area contributed by atoms with Crippen molar-refractivity contribution in [1.82, 2.24) is 20.4 Å². The number of nitrogens with two attached hydrogens (primary N) is 1. The highest BCUT2D eigenvalue weighted by Gasteiger charge is 2.12. The van der Waals surface area contributed by atoms with Crippen molar-refractivity contribution in [3.63, 3.8) is 0 Å². The number of hydrogen-bond donors (Lipinski definition) is 3. The number of rotatable bonds is 4. The quantitative estimate of drug-likeness (QED) is 0.630. The summed E-state index contributed by atoms with van der Waals surface area (Å²) in [6.07, 6.45) is 0. The molecular formula is C13H10FN5O2S. The van der Waals surface area contributed by atoms with Gasteiger partial charge in [-0.05, 0) is 29.8 Å². The Bertz CT molecular complexity index is 867. The van der Waals surface area contributed by atoms with Crippen molar-refractivity contribution < 1.29 is 14.3 Å². The van der Waals surface area contributed by atoms with Crippen molar-refractivity contribution in [2.75, 3.05) is 5.73 Å². The number of anilines is 1. The highest BCUT2D eigenvalue weighted by atomic mass is 32.2. The first-order valence-electron chi connectivity index (χ1n) is 6.16. The van der Waals surface area contributed by atoms with Crippen LogP contribution >= 0.6 is 11.8 Å². The number of carbonyl (C=O) groups is 1. The number of nitrogens with zero attached hydrogens (tertiary/aromatic N) is 3. The topological polar surface area (TPSA) is 118 Å². The normalized spacial score (nSPS) is 11.0. The number of aromatic carboxylic acids is 1. The Morgan fingerprint density at radius 1 is 1.36 bits per heavy atom. The van der Waals surface area contributed by atoms with E-state index in [4.69, 9.17) is 10.8 Å². The van der Waals surface area contributed by atoms with Crippen LogP contribution in [0.15, 0.2) is 29.2 Å². The molecule has 2 aromatic heterocycles. The van der Waals surface area contributed by atoms with Gasteiger partial charge in [-0.15, -0.1) is 16.9 Å². The van der Waals surface area contributed by atoms with Crippen LogP contribution in [-0.2, 0) is 5.75 Å². The Balaban J connectivity index is 1.89. The van der Waals surface area contributed by atoms with Crippen molar-refractivity contribution in [2.24, 2.45) is 0 Å². The first kappa shape index (κ1) is 14.3. The molecule has 0 unspecified atom stereocenters. The standard InChI is InChI=1S/C13H10FN5O2S/c14-8-2-1-6(13(20)21)3-7(8)5-22-9-4-10(15)16-12-11(9)17-19-18-12/h1-4H,5H2,(H,20,21)(H3,15,16,17,18,19).